The molecule has 1 aliphatic carbocycles. The van der Waals surface area contributed by atoms with E-state index in [0.717, 1.165) is 18.6 Å². The van der Waals surface area contributed by atoms with Gasteiger partial charge in [0.05, 0.1) is 0 Å². The highest BCUT2D eigenvalue weighted by atomic mass is 16.5. The van der Waals surface area contributed by atoms with E-state index in [4.69, 9.17) is 9.84 Å². The molecule has 1 aliphatic heterocycles. The lowest BCUT2D eigenvalue weighted by molar-refractivity contribution is -0.150. The largest absolute Gasteiger partial charge is 0.483 e. The number of ether oxygens (including phenoxy) is 1. The molecular formula is C10H12O3. The van der Waals surface area contributed by atoms with Crippen LogP contribution in [-0.4, -0.2) is 17.2 Å². The van der Waals surface area contributed by atoms with Crippen LogP contribution in [0.5, 0.6) is 0 Å². The lowest BCUT2D eigenvalue weighted by atomic mass is 9.90. The molecule has 0 aromatic heterocycles. The van der Waals surface area contributed by atoms with E-state index in [-0.39, 0.29) is 0 Å². The molecule has 2 rings (SSSR count). The van der Waals surface area contributed by atoms with Crippen molar-refractivity contribution in [3.8, 4) is 0 Å². The SMILES string of the molecule is O=C(O)C1CCC2CC=CC=C2O1. The van der Waals surface area contributed by atoms with E-state index >= 15 is 0 Å². The Labute approximate surface area is 76.7 Å². The predicted octanol–water partition coefficient (Wildman–Crippen LogP) is 1.71. The number of carboxylic acids is 1. The molecule has 2 aliphatic rings. The summed E-state index contributed by atoms with van der Waals surface area (Å²) in [4.78, 5) is 10.7. The second-order valence-electron chi connectivity index (χ2n) is 3.45. The van der Waals surface area contributed by atoms with Gasteiger partial charge in [-0.2, -0.15) is 0 Å². The maximum absolute atomic E-state index is 10.7. The van der Waals surface area contributed by atoms with Crippen molar-refractivity contribution in [3.63, 3.8) is 0 Å². The van der Waals surface area contributed by atoms with Crippen molar-refractivity contribution >= 4 is 5.97 Å². The lowest BCUT2D eigenvalue weighted by Crippen LogP contribution is -2.31. The van der Waals surface area contributed by atoms with Crippen LogP contribution < -0.4 is 0 Å². The van der Waals surface area contributed by atoms with Crippen molar-refractivity contribution in [2.75, 3.05) is 0 Å². The summed E-state index contributed by atoms with van der Waals surface area (Å²) in [6, 6.07) is 0. The molecule has 70 valence electrons. The number of rotatable bonds is 1. The van der Waals surface area contributed by atoms with Crippen molar-refractivity contribution in [3.05, 3.63) is 24.0 Å². The summed E-state index contributed by atoms with van der Waals surface area (Å²) in [6.45, 7) is 0. The van der Waals surface area contributed by atoms with E-state index in [0.29, 0.717) is 12.3 Å². The lowest BCUT2D eigenvalue weighted by Gasteiger charge is -2.30. The van der Waals surface area contributed by atoms with Crippen LogP contribution in [-0.2, 0) is 9.53 Å². The van der Waals surface area contributed by atoms with Crippen LogP contribution in [0.3, 0.4) is 0 Å². The number of carboxylic acid groups (broad SMARTS) is 1. The Kier molecular flexibility index (Phi) is 2.08. The minimum absolute atomic E-state index is 0.417. The van der Waals surface area contributed by atoms with Crippen molar-refractivity contribution in [1.29, 1.82) is 0 Å². The third-order valence-electron chi connectivity index (χ3n) is 2.55. The van der Waals surface area contributed by atoms with Gasteiger partial charge in [-0.25, -0.2) is 4.79 Å². The second-order valence-corrected chi connectivity index (χ2v) is 3.45. The highest BCUT2D eigenvalue weighted by Crippen LogP contribution is 2.32. The van der Waals surface area contributed by atoms with E-state index in [1.54, 1.807) is 0 Å². The molecule has 2 atom stereocenters. The molecule has 3 nitrogen and oxygen atoms in total. The zero-order valence-corrected chi connectivity index (χ0v) is 7.27. The monoisotopic (exact) mass is 180 g/mol. The molecule has 0 saturated carbocycles. The maximum Gasteiger partial charge on any atom is 0.344 e. The molecule has 0 spiro atoms. The van der Waals surface area contributed by atoms with Gasteiger partial charge in [0.15, 0.2) is 6.10 Å². The van der Waals surface area contributed by atoms with E-state index in [2.05, 4.69) is 6.08 Å². The van der Waals surface area contributed by atoms with Crippen LogP contribution in [0.1, 0.15) is 19.3 Å². The van der Waals surface area contributed by atoms with E-state index in [9.17, 15) is 4.79 Å². The summed E-state index contributed by atoms with van der Waals surface area (Å²) in [5.41, 5.74) is 0. The topological polar surface area (TPSA) is 46.5 Å². The average Bonchev–Trinajstić information content (AvgIpc) is 2.17. The molecule has 0 radical (unpaired) electrons. The summed E-state index contributed by atoms with van der Waals surface area (Å²) in [6.07, 6.45) is 7.81. The normalized spacial score (nSPS) is 31.5. The van der Waals surface area contributed by atoms with Crippen LogP contribution in [0, 0.1) is 5.92 Å². The van der Waals surface area contributed by atoms with Crippen LogP contribution in [0.4, 0.5) is 0 Å². The molecule has 2 unspecified atom stereocenters. The number of hydrogen-bond donors (Lipinski definition) is 1. The summed E-state index contributed by atoms with van der Waals surface area (Å²) < 4.78 is 5.36. The number of aliphatic carboxylic acids is 1. The zero-order chi connectivity index (χ0) is 9.26. The number of allylic oxidation sites excluding steroid dienone is 4. The van der Waals surface area contributed by atoms with Gasteiger partial charge in [-0.3, -0.25) is 0 Å². The van der Waals surface area contributed by atoms with Crippen LogP contribution in [0.25, 0.3) is 0 Å². The van der Waals surface area contributed by atoms with Crippen molar-refractivity contribution in [2.45, 2.75) is 25.4 Å². The van der Waals surface area contributed by atoms with Gasteiger partial charge in [-0.15, -0.1) is 0 Å². The van der Waals surface area contributed by atoms with Gasteiger partial charge in [0.25, 0.3) is 0 Å². The molecule has 1 N–H and O–H groups in total. The molecule has 1 fully saturated rings. The van der Waals surface area contributed by atoms with Gasteiger partial charge in [0.1, 0.15) is 5.76 Å². The fourth-order valence-electron chi connectivity index (χ4n) is 1.80. The molecule has 0 aromatic rings. The molecule has 1 heterocycles. The van der Waals surface area contributed by atoms with Crippen molar-refractivity contribution < 1.29 is 14.6 Å². The van der Waals surface area contributed by atoms with Crippen LogP contribution in [0.15, 0.2) is 24.0 Å². The van der Waals surface area contributed by atoms with Gasteiger partial charge in [0.2, 0.25) is 0 Å². The van der Waals surface area contributed by atoms with Gasteiger partial charge in [-0.05, 0) is 25.3 Å². The van der Waals surface area contributed by atoms with E-state index in [1.165, 1.54) is 0 Å². The van der Waals surface area contributed by atoms with Crippen molar-refractivity contribution in [2.24, 2.45) is 5.92 Å². The fourth-order valence-corrected chi connectivity index (χ4v) is 1.80. The van der Waals surface area contributed by atoms with Crippen molar-refractivity contribution in [1.82, 2.24) is 0 Å². The first kappa shape index (κ1) is 8.35. The predicted molar refractivity (Wildman–Crippen MR) is 47.1 cm³/mol. The Morgan fingerprint density at radius 2 is 2.38 bits per heavy atom. The standard InChI is InChI=1S/C10H12O3/c11-10(12)9-6-5-7-3-1-2-4-8(7)13-9/h1-2,4,7,9H,3,5-6H2,(H,11,12). The number of carbonyl (C=O) groups is 1. The Balaban J connectivity index is 2.09. The first-order valence-corrected chi connectivity index (χ1v) is 4.53. The Morgan fingerprint density at radius 1 is 1.54 bits per heavy atom. The van der Waals surface area contributed by atoms with Crippen LogP contribution in [0.2, 0.25) is 0 Å². The molecule has 0 aromatic carbocycles. The van der Waals surface area contributed by atoms with Gasteiger partial charge >= 0.3 is 5.97 Å². The Morgan fingerprint density at radius 3 is 3.15 bits per heavy atom. The van der Waals surface area contributed by atoms with Gasteiger partial charge in [-0.1, -0.05) is 12.2 Å². The highest BCUT2D eigenvalue weighted by molar-refractivity contribution is 5.72. The van der Waals surface area contributed by atoms with Crippen LogP contribution >= 0.6 is 0 Å². The third kappa shape index (κ3) is 1.59. The molecule has 3 heteroatoms. The summed E-state index contributed by atoms with van der Waals surface area (Å²) in [5.74, 6) is 0.413. The third-order valence-corrected chi connectivity index (χ3v) is 2.55. The zero-order valence-electron chi connectivity index (χ0n) is 7.27. The summed E-state index contributed by atoms with van der Waals surface area (Å²) >= 11 is 0. The Bertz CT molecular complexity index is 278. The molecule has 0 amide bonds. The molecule has 1 saturated heterocycles. The minimum Gasteiger partial charge on any atom is -0.483 e. The molecular weight excluding hydrogens is 168 g/mol. The smallest absolute Gasteiger partial charge is 0.344 e. The minimum atomic E-state index is -0.853. The fraction of sp³-hybridized carbons (Fsp3) is 0.500. The van der Waals surface area contributed by atoms with E-state index in [1.807, 2.05) is 12.2 Å². The van der Waals surface area contributed by atoms with E-state index < -0.39 is 12.1 Å². The highest BCUT2D eigenvalue weighted by Gasteiger charge is 2.30. The summed E-state index contributed by atoms with van der Waals surface area (Å²) in [5, 5.41) is 8.76. The maximum atomic E-state index is 10.7. The molecule has 0 bridgehead atoms. The quantitative estimate of drug-likeness (QED) is 0.668. The molecule has 13 heavy (non-hydrogen) atoms. The van der Waals surface area contributed by atoms with Gasteiger partial charge in [0, 0.05) is 5.92 Å². The number of fused-ring (bicyclic) bond motifs is 1. The van der Waals surface area contributed by atoms with Gasteiger partial charge < -0.3 is 9.84 Å². The first-order chi connectivity index (χ1) is 6.27. The second kappa shape index (κ2) is 3.24. The number of hydrogen-bond acceptors (Lipinski definition) is 2. The Hall–Kier alpha value is -1.25. The summed E-state index contributed by atoms with van der Waals surface area (Å²) in [7, 11) is 0. The average molecular weight is 180 g/mol. The first-order valence-electron chi connectivity index (χ1n) is 4.53.